The molecule has 0 saturated carbocycles. The Hall–Kier alpha value is -2.43. The average molecular weight is 947 g/mol. The third-order valence-electron chi connectivity index (χ3n) is 13.4. The molecule has 0 radical (unpaired) electrons. The maximum Gasteiger partial charge on any atom is 0.220 e. The third-order valence-corrected chi connectivity index (χ3v) is 13.4. The Morgan fingerprint density at radius 2 is 0.647 bits per heavy atom. The summed E-state index contributed by atoms with van der Waals surface area (Å²) in [6.07, 6.45) is 86.2. The molecule has 0 bridgehead atoms. The molecule has 0 aromatic carbocycles. The summed E-state index contributed by atoms with van der Waals surface area (Å²) in [4.78, 5) is 12.5. The predicted molar refractivity (Wildman–Crippen MR) is 303 cm³/mol. The zero-order valence-electron chi connectivity index (χ0n) is 45.4. The van der Waals surface area contributed by atoms with E-state index in [0.29, 0.717) is 6.42 Å². The predicted octanol–water partition coefficient (Wildman–Crippen LogP) is 19.9. The summed E-state index contributed by atoms with van der Waals surface area (Å²) in [6.45, 7) is 4.21. The fraction of sp³-hybridized carbons (Fsp3) is 0.766. The number of rotatable bonds is 54. The fourth-order valence-electron chi connectivity index (χ4n) is 8.89. The van der Waals surface area contributed by atoms with Crippen LogP contribution in [0.15, 0.2) is 85.1 Å². The minimum atomic E-state index is -0.841. The molecule has 2 unspecified atom stereocenters. The largest absolute Gasteiger partial charge is 0.394 e. The van der Waals surface area contributed by atoms with E-state index in [1.54, 1.807) is 6.08 Å². The van der Waals surface area contributed by atoms with Crippen LogP contribution in [-0.2, 0) is 4.79 Å². The van der Waals surface area contributed by atoms with Crippen LogP contribution in [0.25, 0.3) is 0 Å². The molecule has 2 atom stereocenters. The lowest BCUT2D eigenvalue weighted by Gasteiger charge is -2.20. The zero-order valence-corrected chi connectivity index (χ0v) is 45.4. The van der Waals surface area contributed by atoms with Crippen molar-refractivity contribution >= 4 is 5.91 Å². The highest BCUT2D eigenvalue weighted by molar-refractivity contribution is 5.76. The lowest BCUT2D eigenvalue weighted by molar-refractivity contribution is -0.123. The first-order valence-electron chi connectivity index (χ1n) is 29.8. The normalized spacial score (nSPS) is 13.4. The number of carbonyl (C=O) groups excluding carboxylic acids is 1. The molecule has 0 aliphatic rings. The Morgan fingerprint density at radius 3 is 0.971 bits per heavy atom. The van der Waals surface area contributed by atoms with Crippen molar-refractivity contribution in [3.63, 3.8) is 0 Å². The number of allylic oxidation sites excluding steroid dienone is 13. The van der Waals surface area contributed by atoms with Crippen LogP contribution in [0.1, 0.15) is 296 Å². The van der Waals surface area contributed by atoms with Crippen molar-refractivity contribution < 1.29 is 15.0 Å². The van der Waals surface area contributed by atoms with Crippen molar-refractivity contribution in [1.29, 1.82) is 0 Å². The van der Waals surface area contributed by atoms with Gasteiger partial charge in [-0.15, -0.1) is 0 Å². The molecule has 0 fully saturated rings. The van der Waals surface area contributed by atoms with E-state index in [2.05, 4.69) is 92.1 Å². The minimum absolute atomic E-state index is 0.0615. The van der Waals surface area contributed by atoms with Gasteiger partial charge in [0.1, 0.15) is 0 Å². The van der Waals surface area contributed by atoms with E-state index in [9.17, 15) is 15.0 Å². The monoisotopic (exact) mass is 946 g/mol. The summed E-state index contributed by atoms with van der Waals surface area (Å²) >= 11 is 0. The molecule has 0 heterocycles. The molecule has 4 heteroatoms. The van der Waals surface area contributed by atoms with Gasteiger partial charge in [0.05, 0.1) is 18.8 Å². The number of amides is 1. The molecule has 1 amide bonds. The second-order valence-corrected chi connectivity index (χ2v) is 20.0. The number of hydrogen-bond acceptors (Lipinski definition) is 3. The summed E-state index contributed by atoms with van der Waals surface area (Å²) in [6, 6.07) is -0.624. The second-order valence-electron chi connectivity index (χ2n) is 20.0. The Balaban J connectivity index is 3.46. The van der Waals surface area contributed by atoms with Gasteiger partial charge in [-0.1, -0.05) is 304 Å². The number of carbonyl (C=O) groups is 1. The Labute approximate surface area is 424 Å². The molecule has 0 aromatic rings. The number of aliphatic hydroxyl groups is 2. The molecule has 0 aromatic heterocycles. The Morgan fingerprint density at radius 1 is 0.368 bits per heavy atom. The molecular weight excluding hydrogens is 831 g/mol. The molecule has 0 spiro atoms. The minimum Gasteiger partial charge on any atom is -0.394 e. The third kappa shape index (κ3) is 54.5. The molecule has 0 aliphatic heterocycles. The first-order chi connectivity index (χ1) is 33.7. The van der Waals surface area contributed by atoms with Crippen LogP contribution in [0.3, 0.4) is 0 Å². The summed E-state index contributed by atoms with van der Waals surface area (Å²) in [5, 5.41) is 23.2. The molecule has 3 N–H and O–H groups in total. The van der Waals surface area contributed by atoms with E-state index in [1.807, 2.05) is 6.08 Å². The summed E-state index contributed by atoms with van der Waals surface area (Å²) < 4.78 is 0. The standard InChI is InChI=1S/C64H115NO3/c1-3-5-7-9-11-13-15-17-19-21-22-23-24-25-26-27-28-29-30-31-32-33-34-35-36-37-38-39-40-41-42-44-46-48-50-52-54-56-58-60-64(68)65-62(61-66)63(67)59-57-55-53-51-49-47-45-43-20-18-16-14-12-10-8-6-4-2/h5,7,11,13,17,19,22-23,25-26,28-29,57,59,62-63,66-67H,3-4,6,8-10,12,14-16,18,20-21,24,27,30-56,58,60-61H2,1-2H3,(H,65,68)/b7-5-,13-11-,19-17-,23-22-,26-25-,29-28-,59-57+. The van der Waals surface area contributed by atoms with Crippen LogP contribution in [0.4, 0.5) is 0 Å². The molecule has 0 rings (SSSR count). The van der Waals surface area contributed by atoms with Gasteiger partial charge >= 0.3 is 0 Å². The van der Waals surface area contributed by atoms with Gasteiger partial charge in [-0.3, -0.25) is 4.79 Å². The average Bonchev–Trinajstić information content (AvgIpc) is 3.34. The van der Waals surface area contributed by atoms with Gasteiger partial charge in [-0.2, -0.15) is 0 Å². The molecule has 0 saturated heterocycles. The summed E-state index contributed by atoms with van der Waals surface area (Å²) in [5.41, 5.74) is 0. The summed E-state index contributed by atoms with van der Waals surface area (Å²) in [5.74, 6) is -0.0615. The number of aliphatic hydroxyl groups excluding tert-OH is 2. The molecular formula is C64H115NO3. The van der Waals surface area contributed by atoms with Crippen molar-refractivity contribution in [2.45, 2.75) is 309 Å². The number of unbranched alkanes of at least 4 members (excludes halogenated alkanes) is 35. The molecule has 4 nitrogen and oxygen atoms in total. The van der Waals surface area contributed by atoms with Gasteiger partial charge < -0.3 is 15.5 Å². The lowest BCUT2D eigenvalue weighted by Crippen LogP contribution is -2.45. The van der Waals surface area contributed by atoms with Gasteiger partial charge in [0.25, 0.3) is 0 Å². The maximum absolute atomic E-state index is 12.5. The van der Waals surface area contributed by atoms with E-state index >= 15 is 0 Å². The van der Waals surface area contributed by atoms with Crippen molar-refractivity contribution in [2.24, 2.45) is 0 Å². The number of hydrogen-bond donors (Lipinski definition) is 3. The first-order valence-corrected chi connectivity index (χ1v) is 29.8. The van der Waals surface area contributed by atoms with Gasteiger partial charge in [-0.25, -0.2) is 0 Å². The van der Waals surface area contributed by atoms with Crippen LogP contribution < -0.4 is 5.32 Å². The van der Waals surface area contributed by atoms with E-state index < -0.39 is 12.1 Å². The van der Waals surface area contributed by atoms with Gasteiger partial charge in [0, 0.05) is 6.42 Å². The topological polar surface area (TPSA) is 69.6 Å². The van der Waals surface area contributed by atoms with Gasteiger partial charge in [-0.05, 0) is 70.6 Å². The van der Waals surface area contributed by atoms with Crippen LogP contribution in [0.2, 0.25) is 0 Å². The van der Waals surface area contributed by atoms with E-state index in [1.165, 1.54) is 212 Å². The maximum atomic E-state index is 12.5. The van der Waals surface area contributed by atoms with E-state index in [0.717, 1.165) is 64.2 Å². The van der Waals surface area contributed by atoms with Crippen LogP contribution in [-0.4, -0.2) is 34.9 Å². The highest BCUT2D eigenvalue weighted by Crippen LogP contribution is 2.17. The highest BCUT2D eigenvalue weighted by Gasteiger charge is 2.18. The zero-order chi connectivity index (χ0) is 49.2. The smallest absolute Gasteiger partial charge is 0.220 e. The van der Waals surface area contributed by atoms with Crippen LogP contribution >= 0.6 is 0 Å². The lowest BCUT2D eigenvalue weighted by atomic mass is 10.0. The van der Waals surface area contributed by atoms with Crippen molar-refractivity contribution in [2.75, 3.05) is 6.61 Å². The van der Waals surface area contributed by atoms with E-state index in [4.69, 9.17) is 0 Å². The molecule has 394 valence electrons. The van der Waals surface area contributed by atoms with Crippen LogP contribution in [0, 0.1) is 0 Å². The van der Waals surface area contributed by atoms with Crippen molar-refractivity contribution in [1.82, 2.24) is 5.32 Å². The van der Waals surface area contributed by atoms with E-state index in [-0.39, 0.29) is 12.5 Å². The first kappa shape index (κ1) is 65.6. The summed E-state index contributed by atoms with van der Waals surface area (Å²) in [7, 11) is 0. The molecule has 68 heavy (non-hydrogen) atoms. The Kier molecular flexibility index (Phi) is 56.8. The van der Waals surface area contributed by atoms with Crippen molar-refractivity contribution in [3.8, 4) is 0 Å². The molecule has 0 aliphatic carbocycles. The van der Waals surface area contributed by atoms with Crippen molar-refractivity contribution in [3.05, 3.63) is 85.1 Å². The second kappa shape index (κ2) is 58.9. The SMILES string of the molecule is CC/C=C\C/C=C\C/C=C\C/C=C\C/C=C\C/C=C\CCCCCCCCCCCCCCCCCCCCCCC(=O)NC(CO)C(O)/C=C/CCCCCCCCCCCCCCCCC. The van der Waals surface area contributed by atoms with Gasteiger partial charge in [0.2, 0.25) is 5.91 Å². The van der Waals surface area contributed by atoms with Crippen LogP contribution in [0.5, 0.6) is 0 Å². The van der Waals surface area contributed by atoms with Gasteiger partial charge in [0.15, 0.2) is 0 Å². The number of nitrogens with one attached hydrogen (secondary N) is 1. The highest BCUT2D eigenvalue weighted by atomic mass is 16.3. The Bertz CT molecular complexity index is 1210. The quantitative estimate of drug-likeness (QED) is 0.0420. The fourth-order valence-corrected chi connectivity index (χ4v) is 8.89.